The summed E-state index contributed by atoms with van der Waals surface area (Å²) >= 11 is 0. The topological polar surface area (TPSA) is 23.6 Å². The fraction of sp³-hybridized carbons (Fsp3) is 0.423. The van der Waals surface area contributed by atoms with Crippen LogP contribution >= 0.6 is 0 Å². The van der Waals surface area contributed by atoms with E-state index in [1.807, 2.05) is 11.0 Å². The van der Waals surface area contributed by atoms with Gasteiger partial charge in [-0.05, 0) is 47.6 Å². The molecule has 166 valence electrons. The normalized spacial score (nSPS) is 14.7. The van der Waals surface area contributed by atoms with E-state index in [1.165, 1.54) is 17.7 Å². The Bertz CT molecular complexity index is 918. The zero-order valence-electron chi connectivity index (χ0n) is 18.7. The van der Waals surface area contributed by atoms with E-state index >= 15 is 0 Å². The van der Waals surface area contributed by atoms with Gasteiger partial charge in [-0.2, -0.15) is 0 Å². The van der Waals surface area contributed by atoms with Gasteiger partial charge in [0.15, 0.2) is 0 Å². The molecule has 0 fully saturated rings. The molecule has 1 aliphatic rings. The molecule has 5 heteroatoms. The first-order valence-electron chi connectivity index (χ1n) is 11.1. The number of carbonyl (C=O) groups is 1. The molecular weight excluding hydrogens is 394 g/mol. The number of fused-ring (bicyclic) bond motifs is 1. The van der Waals surface area contributed by atoms with Crippen molar-refractivity contribution in [2.75, 3.05) is 6.54 Å². The number of amides is 2. The minimum atomic E-state index is -2.85. The summed E-state index contributed by atoms with van der Waals surface area (Å²) in [6.07, 6.45) is 5.33. The van der Waals surface area contributed by atoms with E-state index in [4.69, 9.17) is 0 Å². The predicted octanol–water partition coefficient (Wildman–Crippen LogP) is 6.97. The first-order valence-corrected chi connectivity index (χ1v) is 11.1. The monoisotopic (exact) mass is 426 g/mol. The summed E-state index contributed by atoms with van der Waals surface area (Å²) in [5.74, 6) is -2.85. The van der Waals surface area contributed by atoms with Gasteiger partial charge in [0.1, 0.15) is 0 Å². The number of hydrogen-bond acceptors (Lipinski definition) is 1. The SMILES string of the molecule is C=CN(C(=O)N1CCc2ccc(-c3ccc(C(C)(F)F)cc3)cc2C1)C(CC)CCC. The Kier molecular flexibility index (Phi) is 7.14. The quantitative estimate of drug-likeness (QED) is 0.469. The second kappa shape index (κ2) is 9.63. The van der Waals surface area contributed by atoms with Crippen LogP contribution in [0.2, 0.25) is 0 Å². The van der Waals surface area contributed by atoms with Crippen LogP contribution in [0.1, 0.15) is 56.7 Å². The van der Waals surface area contributed by atoms with Gasteiger partial charge in [-0.25, -0.2) is 13.6 Å². The van der Waals surface area contributed by atoms with Crippen molar-refractivity contribution in [3.63, 3.8) is 0 Å². The molecule has 0 bridgehead atoms. The van der Waals surface area contributed by atoms with Gasteiger partial charge in [0.05, 0.1) is 0 Å². The standard InChI is InChI=1S/C26H32F2N2O/c1-5-8-24(6-2)30(7-3)25(31)29-16-15-20-9-10-21(17-22(20)18-29)19-11-13-23(14-12-19)26(4,27)28/h7,9-14,17,24H,3,5-6,8,15-16,18H2,1-2,4H3. The van der Waals surface area contributed by atoms with E-state index in [9.17, 15) is 13.6 Å². The molecule has 0 aliphatic carbocycles. The average molecular weight is 427 g/mol. The summed E-state index contributed by atoms with van der Waals surface area (Å²) < 4.78 is 27.0. The highest BCUT2D eigenvalue weighted by molar-refractivity contribution is 5.76. The van der Waals surface area contributed by atoms with E-state index in [1.54, 1.807) is 23.2 Å². The molecule has 0 radical (unpaired) electrons. The van der Waals surface area contributed by atoms with Crippen molar-refractivity contribution in [2.24, 2.45) is 0 Å². The largest absolute Gasteiger partial charge is 0.324 e. The lowest BCUT2D eigenvalue weighted by Crippen LogP contribution is -2.46. The first-order chi connectivity index (χ1) is 14.8. The van der Waals surface area contributed by atoms with Gasteiger partial charge < -0.3 is 4.90 Å². The summed E-state index contributed by atoms with van der Waals surface area (Å²) in [5.41, 5.74) is 4.20. The smallest absolute Gasteiger partial charge is 0.320 e. The zero-order valence-corrected chi connectivity index (χ0v) is 18.7. The predicted molar refractivity (Wildman–Crippen MR) is 122 cm³/mol. The van der Waals surface area contributed by atoms with Crippen LogP contribution in [0, 0.1) is 0 Å². The van der Waals surface area contributed by atoms with E-state index in [0.717, 1.165) is 49.3 Å². The van der Waals surface area contributed by atoms with Crippen molar-refractivity contribution in [1.82, 2.24) is 9.80 Å². The van der Waals surface area contributed by atoms with Gasteiger partial charge in [-0.3, -0.25) is 4.90 Å². The van der Waals surface area contributed by atoms with Crippen LogP contribution in [0.5, 0.6) is 0 Å². The van der Waals surface area contributed by atoms with Crippen molar-refractivity contribution in [3.8, 4) is 11.1 Å². The lowest BCUT2D eigenvalue weighted by atomic mass is 9.94. The molecule has 2 aromatic rings. The number of halogens is 2. The molecule has 1 atom stereocenters. The molecule has 2 aromatic carbocycles. The van der Waals surface area contributed by atoms with Gasteiger partial charge in [0.25, 0.3) is 5.92 Å². The summed E-state index contributed by atoms with van der Waals surface area (Å²) in [4.78, 5) is 16.9. The van der Waals surface area contributed by atoms with Crippen molar-refractivity contribution in [3.05, 3.63) is 71.9 Å². The highest BCUT2D eigenvalue weighted by Gasteiger charge is 2.28. The lowest BCUT2D eigenvalue weighted by molar-refractivity contribution is 0.0175. The first kappa shape index (κ1) is 23.0. The summed E-state index contributed by atoms with van der Waals surface area (Å²) in [6.45, 7) is 10.2. The average Bonchev–Trinajstić information content (AvgIpc) is 2.77. The minimum Gasteiger partial charge on any atom is -0.320 e. The number of nitrogens with zero attached hydrogens (tertiary/aromatic N) is 2. The second-order valence-electron chi connectivity index (χ2n) is 8.34. The Morgan fingerprint density at radius 1 is 1.16 bits per heavy atom. The van der Waals surface area contributed by atoms with Crippen molar-refractivity contribution in [2.45, 2.75) is 65.0 Å². The zero-order chi connectivity index (χ0) is 22.6. The van der Waals surface area contributed by atoms with Gasteiger partial charge in [-0.15, -0.1) is 0 Å². The summed E-state index contributed by atoms with van der Waals surface area (Å²) in [6, 6.07) is 12.8. The van der Waals surface area contributed by atoms with Gasteiger partial charge in [0, 0.05) is 37.8 Å². The maximum absolute atomic E-state index is 13.5. The van der Waals surface area contributed by atoms with Gasteiger partial charge >= 0.3 is 6.03 Å². The molecule has 0 saturated heterocycles. The minimum absolute atomic E-state index is 0.000818. The Hall–Kier alpha value is -2.69. The Balaban J connectivity index is 1.80. The van der Waals surface area contributed by atoms with Crippen LogP contribution in [-0.4, -0.2) is 28.4 Å². The molecule has 2 amide bonds. The third-order valence-corrected chi connectivity index (χ3v) is 6.12. The van der Waals surface area contributed by atoms with E-state index in [-0.39, 0.29) is 17.6 Å². The molecule has 1 heterocycles. The Morgan fingerprint density at radius 2 is 1.84 bits per heavy atom. The molecule has 1 unspecified atom stereocenters. The van der Waals surface area contributed by atoms with Crippen LogP contribution in [0.15, 0.2) is 55.2 Å². The summed E-state index contributed by atoms with van der Waals surface area (Å²) in [7, 11) is 0. The van der Waals surface area contributed by atoms with E-state index in [2.05, 4.69) is 32.6 Å². The molecule has 0 saturated carbocycles. The third kappa shape index (κ3) is 5.15. The molecule has 0 aromatic heterocycles. The van der Waals surface area contributed by atoms with Crippen LogP contribution in [-0.2, 0) is 18.9 Å². The number of rotatable bonds is 7. The van der Waals surface area contributed by atoms with Crippen LogP contribution in [0.25, 0.3) is 11.1 Å². The molecule has 31 heavy (non-hydrogen) atoms. The van der Waals surface area contributed by atoms with E-state index < -0.39 is 5.92 Å². The van der Waals surface area contributed by atoms with E-state index in [0.29, 0.717) is 13.1 Å². The Morgan fingerprint density at radius 3 is 2.42 bits per heavy atom. The van der Waals surface area contributed by atoms with Crippen LogP contribution < -0.4 is 0 Å². The van der Waals surface area contributed by atoms with Crippen LogP contribution in [0.4, 0.5) is 13.6 Å². The van der Waals surface area contributed by atoms with Gasteiger partial charge in [-0.1, -0.05) is 63.2 Å². The number of urea groups is 1. The molecular formula is C26H32F2N2O. The second-order valence-corrected chi connectivity index (χ2v) is 8.34. The molecule has 0 spiro atoms. The van der Waals surface area contributed by atoms with Crippen molar-refractivity contribution < 1.29 is 13.6 Å². The number of hydrogen-bond donors (Lipinski definition) is 0. The summed E-state index contributed by atoms with van der Waals surface area (Å²) in [5, 5.41) is 0. The number of carbonyl (C=O) groups excluding carboxylic acids is 1. The maximum atomic E-state index is 13.5. The molecule has 1 aliphatic heterocycles. The molecule has 3 nitrogen and oxygen atoms in total. The highest BCUT2D eigenvalue weighted by atomic mass is 19.3. The third-order valence-electron chi connectivity index (χ3n) is 6.12. The highest BCUT2D eigenvalue weighted by Crippen LogP contribution is 2.31. The lowest BCUT2D eigenvalue weighted by Gasteiger charge is -2.36. The molecule has 0 N–H and O–H groups in total. The van der Waals surface area contributed by atoms with Crippen molar-refractivity contribution >= 4 is 6.03 Å². The van der Waals surface area contributed by atoms with Gasteiger partial charge in [0.2, 0.25) is 0 Å². The fourth-order valence-electron chi connectivity index (χ4n) is 4.28. The number of alkyl halides is 2. The number of benzene rings is 2. The van der Waals surface area contributed by atoms with Crippen molar-refractivity contribution in [1.29, 1.82) is 0 Å². The van der Waals surface area contributed by atoms with Crippen LogP contribution in [0.3, 0.4) is 0 Å². The Labute approximate surface area is 184 Å². The molecule has 3 rings (SSSR count). The maximum Gasteiger partial charge on any atom is 0.324 e. The fourth-order valence-corrected chi connectivity index (χ4v) is 4.28.